The third-order valence-electron chi connectivity index (χ3n) is 3.02. The van der Waals surface area contributed by atoms with E-state index in [-0.39, 0.29) is 5.78 Å². The van der Waals surface area contributed by atoms with Crippen molar-refractivity contribution in [2.45, 2.75) is 32.8 Å². The van der Waals surface area contributed by atoms with Gasteiger partial charge in [0.15, 0.2) is 6.10 Å². The van der Waals surface area contributed by atoms with Crippen LogP contribution >= 0.6 is 22.9 Å². The average molecular weight is 309 g/mol. The Kier molecular flexibility index (Phi) is 4.84. The van der Waals surface area contributed by atoms with E-state index in [0.29, 0.717) is 15.1 Å². The Morgan fingerprint density at radius 1 is 1.20 bits per heavy atom. The molecular weight excluding hydrogens is 292 g/mol. The van der Waals surface area contributed by atoms with Crippen LogP contribution in [0.3, 0.4) is 0 Å². The highest BCUT2D eigenvalue weighted by Gasteiger charge is 2.19. The maximum atomic E-state index is 12.2. The van der Waals surface area contributed by atoms with Gasteiger partial charge in [0.05, 0.1) is 9.21 Å². The molecule has 2 nitrogen and oxygen atoms in total. The first-order valence-electron chi connectivity index (χ1n) is 6.53. The smallest absolute Gasteiger partial charge is 0.212 e. The fourth-order valence-electron chi connectivity index (χ4n) is 1.85. The summed E-state index contributed by atoms with van der Waals surface area (Å²) in [6, 6.07) is 11.3. The standard InChI is InChI=1S/C16H17ClO2S/c1-10(2)12-5-4-6-13(9-12)19-11(3)16(18)14-7-8-15(17)20-14/h4-11H,1-3H3. The molecule has 0 spiro atoms. The molecule has 0 amide bonds. The van der Waals surface area contributed by atoms with E-state index < -0.39 is 6.10 Å². The van der Waals surface area contributed by atoms with Crippen LogP contribution in [0.4, 0.5) is 0 Å². The lowest BCUT2D eigenvalue weighted by molar-refractivity contribution is 0.0822. The summed E-state index contributed by atoms with van der Waals surface area (Å²) in [4.78, 5) is 12.8. The number of carbonyl (C=O) groups excluding carboxylic acids is 1. The second kappa shape index (κ2) is 6.42. The van der Waals surface area contributed by atoms with Crippen LogP contribution in [0.5, 0.6) is 5.75 Å². The number of hydrogen-bond acceptors (Lipinski definition) is 3. The van der Waals surface area contributed by atoms with Gasteiger partial charge in [-0.2, -0.15) is 0 Å². The Balaban J connectivity index is 2.09. The number of thiophene rings is 1. The summed E-state index contributed by atoms with van der Waals surface area (Å²) in [7, 11) is 0. The van der Waals surface area contributed by atoms with Gasteiger partial charge < -0.3 is 4.74 Å². The van der Waals surface area contributed by atoms with E-state index >= 15 is 0 Å². The maximum absolute atomic E-state index is 12.2. The number of hydrogen-bond donors (Lipinski definition) is 0. The average Bonchev–Trinajstić information content (AvgIpc) is 2.84. The largest absolute Gasteiger partial charge is 0.483 e. The van der Waals surface area contributed by atoms with Gasteiger partial charge >= 0.3 is 0 Å². The summed E-state index contributed by atoms with van der Waals surface area (Å²) >= 11 is 7.13. The minimum atomic E-state index is -0.521. The first-order valence-corrected chi connectivity index (χ1v) is 7.73. The van der Waals surface area contributed by atoms with Gasteiger partial charge in [-0.15, -0.1) is 11.3 Å². The van der Waals surface area contributed by atoms with Crippen LogP contribution in [0.2, 0.25) is 4.34 Å². The van der Waals surface area contributed by atoms with Crippen LogP contribution in [-0.2, 0) is 0 Å². The summed E-state index contributed by atoms with van der Waals surface area (Å²) in [5.41, 5.74) is 1.20. The van der Waals surface area contributed by atoms with E-state index in [1.807, 2.05) is 18.2 Å². The fraction of sp³-hybridized carbons (Fsp3) is 0.312. The zero-order valence-electron chi connectivity index (χ0n) is 11.7. The molecule has 1 aromatic heterocycles. The number of carbonyl (C=O) groups is 1. The SMILES string of the molecule is CC(Oc1cccc(C(C)C)c1)C(=O)c1ccc(Cl)s1. The van der Waals surface area contributed by atoms with Crippen LogP contribution in [0.15, 0.2) is 36.4 Å². The Bertz CT molecular complexity index is 604. The van der Waals surface area contributed by atoms with Gasteiger partial charge in [-0.25, -0.2) is 0 Å². The number of rotatable bonds is 5. The van der Waals surface area contributed by atoms with Crippen LogP contribution in [0, 0.1) is 0 Å². The van der Waals surface area contributed by atoms with Gasteiger partial charge in [0.1, 0.15) is 5.75 Å². The molecule has 0 saturated heterocycles. The van der Waals surface area contributed by atoms with Crippen molar-refractivity contribution in [3.8, 4) is 5.75 Å². The predicted molar refractivity (Wildman–Crippen MR) is 84.3 cm³/mol. The molecule has 1 heterocycles. The van der Waals surface area contributed by atoms with Gasteiger partial charge in [-0.05, 0) is 42.7 Å². The van der Waals surface area contributed by atoms with Crippen molar-refractivity contribution in [2.24, 2.45) is 0 Å². The highest BCUT2D eigenvalue weighted by atomic mass is 35.5. The summed E-state index contributed by atoms with van der Waals surface area (Å²) < 4.78 is 6.36. The minimum absolute atomic E-state index is 0.0446. The van der Waals surface area contributed by atoms with E-state index in [0.717, 1.165) is 5.75 Å². The Morgan fingerprint density at radius 3 is 2.55 bits per heavy atom. The molecule has 1 aromatic carbocycles. The Hall–Kier alpha value is -1.32. The number of ketones is 1. The fourth-order valence-corrected chi connectivity index (χ4v) is 2.91. The molecular formula is C16H17ClO2S. The van der Waals surface area contributed by atoms with Gasteiger partial charge in [0.2, 0.25) is 5.78 Å². The molecule has 0 fully saturated rings. The summed E-state index contributed by atoms with van der Waals surface area (Å²) in [6.45, 7) is 6.01. The van der Waals surface area contributed by atoms with Crippen LogP contribution < -0.4 is 4.74 Å². The molecule has 0 aliphatic heterocycles. The van der Waals surface area contributed by atoms with E-state index in [4.69, 9.17) is 16.3 Å². The van der Waals surface area contributed by atoms with Crippen molar-refractivity contribution in [1.29, 1.82) is 0 Å². The normalized spacial score (nSPS) is 12.4. The molecule has 0 bridgehead atoms. The zero-order valence-corrected chi connectivity index (χ0v) is 13.3. The van der Waals surface area contributed by atoms with E-state index in [1.54, 1.807) is 19.1 Å². The number of benzene rings is 1. The lowest BCUT2D eigenvalue weighted by Crippen LogP contribution is -2.23. The summed E-state index contributed by atoms with van der Waals surface area (Å²) in [5.74, 6) is 1.11. The van der Waals surface area contributed by atoms with Gasteiger partial charge in [-0.1, -0.05) is 37.6 Å². The van der Waals surface area contributed by atoms with Gasteiger partial charge in [-0.3, -0.25) is 4.79 Å². The first-order chi connectivity index (χ1) is 9.47. The molecule has 106 valence electrons. The van der Waals surface area contributed by atoms with Gasteiger partial charge in [0.25, 0.3) is 0 Å². The number of ether oxygens (including phenoxy) is 1. The predicted octanol–water partition coefficient (Wildman–Crippen LogP) is 5.18. The molecule has 1 unspecified atom stereocenters. The van der Waals surface area contributed by atoms with Crippen molar-refractivity contribution >= 4 is 28.7 Å². The van der Waals surface area contributed by atoms with Crippen molar-refractivity contribution in [1.82, 2.24) is 0 Å². The molecule has 2 rings (SSSR count). The lowest BCUT2D eigenvalue weighted by atomic mass is 10.0. The van der Waals surface area contributed by atoms with Crippen molar-refractivity contribution < 1.29 is 9.53 Å². The third-order valence-corrected chi connectivity index (χ3v) is 4.27. The van der Waals surface area contributed by atoms with Crippen molar-refractivity contribution in [3.05, 3.63) is 51.2 Å². The van der Waals surface area contributed by atoms with Crippen LogP contribution in [0.1, 0.15) is 41.9 Å². The zero-order chi connectivity index (χ0) is 14.7. The second-order valence-corrected chi connectivity index (χ2v) is 6.67. The van der Waals surface area contributed by atoms with E-state index in [1.165, 1.54) is 16.9 Å². The molecule has 0 aliphatic rings. The molecule has 1 atom stereocenters. The quantitative estimate of drug-likeness (QED) is 0.712. The topological polar surface area (TPSA) is 26.3 Å². The van der Waals surface area contributed by atoms with E-state index in [2.05, 4.69) is 19.9 Å². The van der Waals surface area contributed by atoms with Crippen molar-refractivity contribution in [3.63, 3.8) is 0 Å². The molecule has 20 heavy (non-hydrogen) atoms. The van der Waals surface area contributed by atoms with E-state index in [9.17, 15) is 4.79 Å². The van der Waals surface area contributed by atoms with Crippen LogP contribution in [-0.4, -0.2) is 11.9 Å². The Labute approximate surface area is 128 Å². The molecule has 0 saturated carbocycles. The lowest BCUT2D eigenvalue weighted by Gasteiger charge is -2.14. The maximum Gasteiger partial charge on any atom is 0.212 e. The summed E-state index contributed by atoms with van der Waals surface area (Å²) in [6.07, 6.45) is -0.521. The second-order valence-electron chi connectivity index (χ2n) is 4.96. The monoisotopic (exact) mass is 308 g/mol. The highest BCUT2D eigenvalue weighted by Crippen LogP contribution is 2.25. The van der Waals surface area contributed by atoms with Crippen LogP contribution in [0.25, 0.3) is 0 Å². The molecule has 0 radical (unpaired) electrons. The highest BCUT2D eigenvalue weighted by molar-refractivity contribution is 7.18. The molecule has 0 aliphatic carbocycles. The van der Waals surface area contributed by atoms with Crippen molar-refractivity contribution in [2.75, 3.05) is 0 Å². The number of Topliss-reactive ketones (excluding diaryl/α,β-unsaturated/α-hetero) is 1. The summed E-state index contributed by atoms with van der Waals surface area (Å²) in [5, 5.41) is 0. The molecule has 4 heteroatoms. The first kappa shape index (κ1) is 15.1. The minimum Gasteiger partial charge on any atom is -0.483 e. The molecule has 2 aromatic rings. The number of halogens is 1. The third kappa shape index (κ3) is 3.62. The molecule has 0 N–H and O–H groups in total. The van der Waals surface area contributed by atoms with Gasteiger partial charge in [0, 0.05) is 0 Å². The Morgan fingerprint density at radius 2 is 1.95 bits per heavy atom.